The zero-order valence-electron chi connectivity index (χ0n) is 11.4. The molecular weight excluding hydrogens is 216 g/mol. The Bertz CT molecular complexity index is 123. The minimum atomic E-state index is 0.842. The molecule has 0 aromatic heterocycles. The summed E-state index contributed by atoms with van der Waals surface area (Å²) in [6, 6.07) is 0. The molecule has 0 saturated heterocycles. The molecule has 0 aliphatic heterocycles. The molecule has 0 saturated carbocycles. The van der Waals surface area contributed by atoms with Gasteiger partial charge in [0.1, 0.15) is 0 Å². The van der Waals surface area contributed by atoms with Crippen LogP contribution >= 0.6 is 11.6 Å². The second-order valence-corrected chi connectivity index (χ2v) is 5.58. The van der Waals surface area contributed by atoms with Gasteiger partial charge >= 0.3 is 0 Å². The molecule has 0 fully saturated rings. The fraction of sp³-hybridized carbons (Fsp3) is 1.00. The first-order valence-electron chi connectivity index (χ1n) is 7.37. The first-order valence-corrected chi connectivity index (χ1v) is 7.90. The zero-order valence-corrected chi connectivity index (χ0v) is 12.2. The summed E-state index contributed by atoms with van der Waals surface area (Å²) in [6.45, 7) is 4.70. The molecule has 1 atom stereocenters. The third-order valence-electron chi connectivity index (χ3n) is 3.38. The summed E-state index contributed by atoms with van der Waals surface area (Å²) >= 11 is 5.64. The van der Waals surface area contributed by atoms with Gasteiger partial charge in [-0.15, -0.1) is 11.6 Å². The lowest BCUT2D eigenvalue weighted by molar-refractivity contribution is 0.441. The van der Waals surface area contributed by atoms with Crippen LogP contribution < -0.4 is 0 Å². The Morgan fingerprint density at radius 3 is 1.81 bits per heavy atom. The summed E-state index contributed by atoms with van der Waals surface area (Å²) in [6.07, 6.45) is 15.3. The lowest BCUT2D eigenvalue weighted by Crippen LogP contribution is -1.94. The number of unbranched alkanes of at least 4 members (excludes halogenated alkanes) is 7. The maximum Gasteiger partial charge on any atom is 0.0223 e. The van der Waals surface area contributed by atoms with Gasteiger partial charge in [0, 0.05) is 5.88 Å². The minimum absolute atomic E-state index is 0.842. The Morgan fingerprint density at radius 2 is 1.25 bits per heavy atom. The highest BCUT2D eigenvalue weighted by atomic mass is 35.5. The van der Waals surface area contributed by atoms with Crippen LogP contribution in [0.4, 0.5) is 0 Å². The van der Waals surface area contributed by atoms with E-state index in [1.807, 2.05) is 0 Å². The van der Waals surface area contributed by atoms with Crippen LogP contribution in [0.5, 0.6) is 0 Å². The number of hydrogen-bond donors (Lipinski definition) is 0. The Kier molecular flexibility index (Phi) is 13.6. The average molecular weight is 247 g/mol. The molecule has 0 aliphatic rings. The van der Waals surface area contributed by atoms with Crippen molar-refractivity contribution in [3.8, 4) is 0 Å². The number of hydrogen-bond acceptors (Lipinski definition) is 0. The fourth-order valence-corrected chi connectivity index (χ4v) is 2.36. The maximum atomic E-state index is 5.64. The number of rotatable bonds is 12. The number of alkyl halides is 1. The highest BCUT2D eigenvalue weighted by Crippen LogP contribution is 2.17. The predicted molar refractivity (Wildman–Crippen MR) is 76.3 cm³/mol. The van der Waals surface area contributed by atoms with Crippen LogP contribution in [0.15, 0.2) is 0 Å². The molecule has 1 heteroatoms. The van der Waals surface area contributed by atoms with Crippen molar-refractivity contribution >= 4 is 11.6 Å². The van der Waals surface area contributed by atoms with E-state index in [9.17, 15) is 0 Å². The second kappa shape index (κ2) is 13.4. The van der Waals surface area contributed by atoms with E-state index in [1.54, 1.807) is 0 Å². The first-order chi connectivity index (χ1) is 7.81. The van der Waals surface area contributed by atoms with Crippen molar-refractivity contribution in [2.24, 2.45) is 5.92 Å². The van der Waals surface area contributed by atoms with E-state index in [2.05, 4.69) is 13.8 Å². The van der Waals surface area contributed by atoms with Gasteiger partial charge in [0.2, 0.25) is 0 Å². The molecule has 0 heterocycles. The van der Waals surface area contributed by atoms with Crippen molar-refractivity contribution in [1.29, 1.82) is 0 Å². The van der Waals surface area contributed by atoms with Crippen LogP contribution in [-0.2, 0) is 0 Å². The molecule has 0 rings (SSSR count). The van der Waals surface area contributed by atoms with Crippen molar-refractivity contribution in [3.63, 3.8) is 0 Å². The highest BCUT2D eigenvalue weighted by Gasteiger charge is 2.00. The molecule has 0 nitrogen and oxygen atoms in total. The Hall–Kier alpha value is 0.290. The maximum absolute atomic E-state index is 5.64. The van der Waals surface area contributed by atoms with E-state index in [-0.39, 0.29) is 0 Å². The summed E-state index contributed by atoms with van der Waals surface area (Å²) in [5.74, 6) is 1.80. The van der Waals surface area contributed by atoms with Crippen molar-refractivity contribution in [1.82, 2.24) is 0 Å². The lowest BCUT2D eigenvalue weighted by Gasteiger charge is -2.09. The largest absolute Gasteiger partial charge is 0.127 e. The van der Waals surface area contributed by atoms with E-state index >= 15 is 0 Å². The summed E-state index contributed by atoms with van der Waals surface area (Å²) in [5, 5.41) is 0. The van der Waals surface area contributed by atoms with Gasteiger partial charge in [-0.1, -0.05) is 78.1 Å². The summed E-state index contributed by atoms with van der Waals surface area (Å²) in [5.41, 5.74) is 0. The first kappa shape index (κ1) is 16.3. The third kappa shape index (κ3) is 12.4. The van der Waals surface area contributed by atoms with Gasteiger partial charge in [-0.25, -0.2) is 0 Å². The van der Waals surface area contributed by atoms with E-state index in [0.29, 0.717) is 0 Å². The predicted octanol–water partition coefficient (Wildman–Crippen LogP) is 6.17. The normalized spacial score (nSPS) is 12.9. The van der Waals surface area contributed by atoms with Crippen LogP contribution in [0.2, 0.25) is 0 Å². The molecule has 1 unspecified atom stereocenters. The monoisotopic (exact) mass is 246 g/mol. The van der Waals surface area contributed by atoms with E-state index < -0.39 is 0 Å². The summed E-state index contributed by atoms with van der Waals surface area (Å²) in [7, 11) is 0. The summed E-state index contributed by atoms with van der Waals surface area (Å²) in [4.78, 5) is 0. The van der Waals surface area contributed by atoms with Gasteiger partial charge in [0.25, 0.3) is 0 Å². The molecule has 0 aromatic carbocycles. The van der Waals surface area contributed by atoms with Gasteiger partial charge in [-0.2, -0.15) is 0 Å². The molecule has 0 aromatic rings. The average Bonchev–Trinajstić information content (AvgIpc) is 2.30. The molecular formula is C15H31Cl. The molecule has 0 aliphatic carbocycles. The Morgan fingerprint density at radius 1 is 0.750 bits per heavy atom. The highest BCUT2D eigenvalue weighted by molar-refractivity contribution is 6.17. The third-order valence-corrected chi connectivity index (χ3v) is 3.65. The fourth-order valence-electron chi connectivity index (χ4n) is 2.17. The molecule has 0 N–H and O–H groups in total. The second-order valence-electron chi connectivity index (χ2n) is 5.20. The van der Waals surface area contributed by atoms with Gasteiger partial charge in [0.05, 0.1) is 0 Å². The van der Waals surface area contributed by atoms with Crippen molar-refractivity contribution in [2.45, 2.75) is 84.5 Å². The van der Waals surface area contributed by atoms with Gasteiger partial charge in [0.15, 0.2) is 0 Å². The van der Waals surface area contributed by atoms with Crippen LogP contribution in [0.3, 0.4) is 0 Å². The van der Waals surface area contributed by atoms with Crippen LogP contribution in [-0.4, -0.2) is 5.88 Å². The summed E-state index contributed by atoms with van der Waals surface area (Å²) < 4.78 is 0. The lowest BCUT2D eigenvalue weighted by atomic mass is 9.97. The molecule has 0 amide bonds. The van der Waals surface area contributed by atoms with E-state index in [0.717, 1.165) is 11.8 Å². The quantitative estimate of drug-likeness (QED) is 0.285. The molecule has 0 bridgehead atoms. The number of halogens is 1. The van der Waals surface area contributed by atoms with Crippen molar-refractivity contribution in [3.05, 3.63) is 0 Å². The molecule has 98 valence electrons. The van der Waals surface area contributed by atoms with Gasteiger partial charge in [-0.3, -0.25) is 0 Å². The SMILES string of the molecule is CCCCC(C)CCCCCCCCCCl. The molecule has 0 spiro atoms. The van der Waals surface area contributed by atoms with Crippen molar-refractivity contribution < 1.29 is 0 Å². The minimum Gasteiger partial charge on any atom is -0.127 e. The standard InChI is InChI=1S/C15H31Cl/c1-3-4-12-15(2)13-10-8-6-5-7-9-11-14-16/h15H,3-14H2,1-2H3. The van der Waals surface area contributed by atoms with Crippen LogP contribution in [0.25, 0.3) is 0 Å². The van der Waals surface area contributed by atoms with Crippen LogP contribution in [0, 0.1) is 5.92 Å². The smallest absolute Gasteiger partial charge is 0.0223 e. The van der Waals surface area contributed by atoms with Crippen LogP contribution in [0.1, 0.15) is 84.5 Å². The topological polar surface area (TPSA) is 0 Å². The molecule has 16 heavy (non-hydrogen) atoms. The van der Waals surface area contributed by atoms with Gasteiger partial charge < -0.3 is 0 Å². The Balaban J connectivity index is 3.02. The Labute approximate surface area is 108 Å². The van der Waals surface area contributed by atoms with E-state index in [4.69, 9.17) is 11.6 Å². The molecule has 0 radical (unpaired) electrons. The van der Waals surface area contributed by atoms with Crippen molar-refractivity contribution in [2.75, 3.05) is 5.88 Å². The zero-order chi connectivity index (χ0) is 12.1. The van der Waals surface area contributed by atoms with E-state index in [1.165, 1.54) is 70.6 Å². The van der Waals surface area contributed by atoms with Gasteiger partial charge in [-0.05, 0) is 12.3 Å².